The maximum Gasteiger partial charge on any atom is 0.270 e. The topological polar surface area (TPSA) is 87.9 Å². The lowest BCUT2D eigenvalue weighted by atomic mass is 9.98. The normalized spacial score (nSPS) is 15.9. The standard InChI is InChI=1S/C16H17ClN4O.C7H8ClN/c1-10-4-3-7-21(9-10)15-11(8-18)16(22)20(2)12-5-6-13(17)19-14(12)15;1-5-4-6(8)2-3-7(5)9/h5-6,10H,3-4,7,9H2,1-2H3;2-4H,9H2,1H3. The van der Waals surface area contributed by atoms with Gasteiger partial charge in [0.05, 0.1) is 11.2 Å². The van der Waals surface area contributed by atoms with Crippen molar-refractivity contribution in [3.8, 4) is 6.07 Å². The molecule has 1 saturated heterocycles. The number of hydrogen-bond acceptors (Lipinski definition) is 5. The van der Waals surface area contributed by atoms with E-state index in [1.54, 1.807) is 31.3 Å². The first-order valence-corrected chi connectivity index (χ1v) is 10.8. The van der Waals surface area contributed by atoms with Gasteiger partial charge >= 0.3 is 0 Å². The second-order valence-electron chi connectivity index (χ2n) is 7.90. The van der Waals surface area contributed by atoms with Crippen LogP contribution in [0.1, 0.15) is 30.9 Å². The number of nitrogens with zero attached hydrogens (tertiary/aromatic N) is 4. The van der Waals surface area contributed by atoms with Gasteiger partial charge in [0.15, 0.2) is 0 Å². The van der Waals surface area contributed by atoms with Crippen LogP contribution in [-0.2, 0) is 7.05 Å². The van der Waals surface area contributed by atoms with Crippen molar-refractivity contribution in [3.63, 3.8) is 0 Å². The summed E-state index contributed by atoms with van der Waals surface area (Å²) in [5.74, 6) is 0.526. The third-order valence-corrected chi connectivity index (χ3v) is 5.94. The van der Waals surface area contributed by atoms with Crippen LogP contribution in [0.4, 0.5) is 11.4 Å². The monoisotopic (exact) mass is 457 g/mol. The van der Waals surface area contributed by atoms with Crippen molar-refractivity contribution in [2.75, 3.05) is 23.7 Å². The minimum Gasteiger partial charge on any atom is -0.399 e. The molecule has 3 heterocycles. The van der Waals surface area contributed by atoms with Crippen molar-refractivity contribution in [1.29, 1.82) is 5.26 Å². The van der Waals surface area contributed by atoms with E-state index in [4.69, 9.17) is 28.9 Å². The molecule has 0 saturated carbocycles. The first kappa shape index (κ1) is 22.9. The van der Waals surface area contributed by atoms with Crippen molar-refractivity contribution >= 4 is 45.6 Å². The summed E-state index contributed by atoms with van der Waals surface area (Å²) in [5.41, 5.74) is 9.17. The minimum absolute atomic E-state index is 0.152. The van der Waals surface area contributed by atoms with Crippen LogP contribution in [0, 0.1) is 24.2 Å². The highest BCUT2D eigenvalue weighted by Crippen LogP contribution is 2.31. The number of nitriles is 1. The minimum atomic E-state index is -0.285. The zero-order chi connectivity index (χ0) is 22.7. The number of anilines is 2. The number of rotatable bonds is 1. The van der Waals surface area contributed by atoms with Crippen molar-refractivity contribution in [2.24, 2.45) is 13.0 Å². The van der Waals surface area contributed by atoms with E-state index in [1.807, 2.05) is 13.0 Å². The van der Waals surface area contributed by atoms with Crippen LogP contribution in [0.3, 0.4) is 0 Å². The van der Waals surface area contributed by atoms with Gasteiger partial charge in [0, 0.05) is 30.8 Å². The van der Waals surface area contributed by atoms with Crippen LogP contribution < -0.4 is 16.2 Å². The highest BCUT2D eigenvalue weighted by molar-refractivity contribution is 6.30. The van der Waals surface area contributed by atoms with Gasteiger partial charge in [-0.3, -0.25) is 4.79 Å². The molecule has 2 N–H and O–H groups in total. The number of aryl methyl sites for hydroxylation is 2. The number of piperidine rings is 1. The van der Waals surface area contributed by atoms with Crippen LogP contribution in [0.5, 0.6) is 0 Å². The van der Waals surface area contributed by atoms with E-state index in [2.05, 4.69) is 22.9 Å². The fraction of sp³-hybridized carbons (Fsp3) is 0.348. The Labute approximate surface area is 191 Å². The molecular formula is C23H25Cl2N5O. The van der Waals surface area contributed by atoms with Gasteiger partial charge in [-0.05, 0) is 61.6 Å². The zero-order valence-electron chi connectivity index (χ0n) is 17.8. The summed E-state index contributed by atoms with van der Waals surface area (Å²) in [6, 6.07) is 10.9. The molecule has 1 aliphatic heterocycles. The van der Waals surface area contributed by atoms with Crippen molar-refractivity contribution in [2.45, 2.75) is 26.7 Å². The molecule has 0 radical (unpaired) electrons. The van der Waals surface area contributed by atoms with Gasteiger partial charge < -0.3 is 15.2 Å². The van der Waals surface area contributed by atoms with Crippen molar-refractivity contribution in [1.82, 2.24) is 9.55 Å². The van der Waals surface area contributed by atoms with Gasteiger partial charge in [0.2, 0.25) is 0 Å². The molecule has 162 valence electrons. The number of aromatic nitrogens is 2. The molecule has 1 atom stereocenters. The summed E-state index contributed by atoms with van der Waals surface area (Å²) >= 11 is 11.7. The molecule has 6 nitrogen and oxygen atoms in total. The van der Waals surface area contributed by atoms with Crippen LogP contribution in [0.15, 0.2) is 35.1 Å². The lowest BCUT2D eigenvalue weighted by Crippen LogP contribution is -2.37. The average molecular weight is 458 g/mol. The molecule has 8 heteroatoms. The smallest absolute Gasteiger partial charge is 0.270 e. The van der Waals surface area contributed by atoms with Crippen LogP contribution in [-0.4, -0.2) is 22.6 Å². The number of fused-ring (bicyclic) bond motifs is 1. The van der Waals surface area contributed by atoms with Crippen molar-refractivity contribution in [3.05, 3.63) is 62.0 Å². The number of halogens is 2. The molecule has 0 spiro atoms. The Morgan fingerprint density at radius 2 is 2.00 bits per heavy atom. The summed E-state index contributed by atoms with van der Waals surface area (Å²) in [6.45, 7) is 5.77. The highest BCUT2D eigenvalue weighted by atomic mass is 35.5. The highest BCUT2D eigenvalue weighted by Gasteiger charge is 2.25. The van der Waals surface area contributed by atoms with Crippen LogP contribution >= 0.6 is 23.2 Å². The number of hydrogen-bond donors (Lipinski definition) is 1. The lowest BCUT2D eigenvalue weighted by molar-refractivity contribution is 0.447. The van der Waals surface area contributed by atoms with E-state index in [9.17, 15) is 10.1 Å². The summed E-state index contributed by atoms with van der Waals surface area (Å²) < 4.78 is 1.47. The number of nitrogen functional groups attached to an aromatic ring is 1. The maximum absolute atomic E-state index is 12.5. The Bertz CT molecular complexity index is 1220. The third kappa shape index (κ3) is 4.95. The molecule has 0 bridgehead atoms. The van der Waals surface area contributed by atoms with Gasteiger partial charge in [0.1, 0.15) is 22.3 Å². The fourth-order valence-electron chi connectivity index (χ4n) is 3.81. The quantitative estimate of drug-likeness (QED) is 0.413. The Balaban J connectivity index is 0.000000254. The van der Waals surface area contributed by atoms with Crippen LogP contribution in [0.2, 0.25) is 10.2 Å². The molecule has 3 aromatic rings. The van der Waals surface area contributed by atoms with E-state index in [1.165, 1.54) is 4.57 Å². The molecular weight excluding hydrogens is 433 g/mol. The number of benzene rings is 1. The van der Waals surface area contributed by atoms with E-state index >= 15 is 0 Å². The Morgan fingerprint density at radius 3 is 2.61 bits per heavy atom. The van der Waals surface area contributed by atoms with Gasteiger partial charge in [0.25, 0.3) is 5.56 Å². The first-order chi connectivity index (χ1) is 14.7. The summed E-state index contributed by atoms with van der Waals surface area (Å²) in [6.07, 6.45) is 2.21. The Morgan fingerprint density at radius 1 is 1.26 bits per heavy atom. The number of nitrogens with two attached hydrogens (primary N) is 1. The van der Waals surface area contributed by atoms with E-state index < -0.39 is 0 Å². The molecule has 31 heavy (non-hydrogen) atoms. The van der Waals surface area contributed by atoms with Crippen LogP contribution in [0.25, 0.3) is 11.0 Å². The Hall–Kier alpha value is -2.75. The second kappa shape index (κ2) is 9.59. The van der Waals surface area contributed by atoms with E-state index in [0.717, 1.165) is 42.2 Å². The SMILES string of the molecule is CC1CCCN(c2c(C#N)c(=O)n(C)c3ccc(Cl)nc23)C1.Cc1cc(Cl)ccc1N. The molecule has 0 aliphatic carbocycles. The maximum atomic E-state index is 12.5. The zero-order valence-corrected chi connectivity index (χ0v) is 19.3. The van der Waals surface area contributed by atoms with Gasteiger partial charge in [-0.2, -0.15) is 5.26 Å². The van der Waals surface area contributed by atoms with Gasteiger partial charge in [-0.1, -0.05) is 30.1 Å². The molecule has 2 aromatic heterocycles. The molecule has 1 aliphatic rings. The fourth-order valence-corrected chi connectivity index (χ4v) is 4.18. The summed E-state index contributed by atoms with van der Waals surface area (Å²) in [4.78, 5) is 19.0. The second-order valence-corrected chi connectivity index (χ2v) is 8.72. The molecule has 0 amide bonds. The first-order valence-electron chi connectivity index (χ1n) is 10.1. The lowest BCUT2D eigenvalue weighted by Gasteiger charge is -2.33. The summed E-state index contributed by atoms with van der Waals surface area (Å²) in [7, 11) is 1.66. The average Bonchev–Trinajstić information content (AvgIpc) is 2.73. The molecule has 4 rings (SSSR count). The molecule has 1 unspecified atom stereocenters. The summed E-state index contributed by atoms with van der Waals surface area (Å²) in [5, 5.41) is 10.6. The Kier molecular flexibility index (Phi) is 7.09. The molecule has 1 aromatic carbocycles. The number of pyridine rings is 2. The third-order valence-electron chi connectivity index (χ3n) is 5.50. The van der Waals surface area contributed by atoms with E-state index in [-0.39, 0.29) is 11.1 Å². The van der Waals surface area contributed by atoms with Crippen molar-refractivity contribution < 1.29 is 0 Å². The molecule has 1 fully saturated rings. The largest absolute Gasteiger partial charge is 0.399 e. The van der Waals surface area contributed by atoms with Gasteiger partial charge in [-0.15, -0.1) is 0 Å². The predicted molar refractivity (Wildman–Crippen MR) is 128 cm³/mol. The van der Waals surface area contributed by atoms with Gasteiger partial charge in [-0.25, -0.2) is 4.98 Å². The van der Waals surface area contributed by atoms with E-state index in [0.29, 0.717) is 27.8 Å². The predicted octanol–water partition coefficient (Wildman–Crippen LogP) is 4.93.